The molecule has 3 nitrogen and oxygen atoms in total. The molecule has 1 heterocycles. The van der Waals surface area contributed by atoms with E-state index in [1.807, 2.05) is 0 Å². The van der Waals surface area contributed by atoms with Gasteiger partial charge in [-0.1, -0.05) is 19.3 Å². The van der Waals surface area contributed by atoms with Gasteiger partial charge in [-0.15, -0.1) is 0 Å². The number of ether oxygens (including phenoxy) is 1. The van der Waals surface area contributed by atoms with E-state index in [0.717, 1.165) is 19.6 Å². The molecule has 19 heavy (non-hydrogen) atoms. The lowest BCUT2D eigenvalue weighted by Gasteiger charge is -2.47. The van der Waals surface area contributed by atoms with Crippen molar-refractivity contribution in [3.8, 4) is 6.07 Å². The molecule has 1 atom stereocenters. The van der Waals surface area contributed by atoms with Crippen LogP contribution in [0.25, 0.3) is 0 Å². The lowest BCUT2D eigenvalue weighted by atomic mass is 9.77. The molecule has 2 rings (SSSR count). The zero-order valence-corrected chi connectivity index (χ0v) is 12.5. The summed E-state index contributed by atoms with van der Waals surface area (Å²) in [5.74, 6) is 0. The first-order valence-corrected chi connectivity index (χ1v) is 7.93. The Hall–Kier alpha value is -0.590. The molecule has 1 spiro atoms. The van der Waals surface area contributed by atoms with Gasteiger partial charge in [0.05, 0.1) is 11.7 Å². The van der Waals surface area contributed by atoms with Crippen molar-refractivity contribution in [3.05, 3.63) is 0 Å². The fraction of sp³-hybridized carbons (Fsp3) is 0.938. The molecule has 0 aromatic rings. The first kappa shape index (κ1) is 14.8. The molecule has 108 valence electrons. The van der Waals surface area contributed by atoms with Crippen molar-refractivity contribution in [2.24, 2.45) is 0 Å². The highest BCUT2D eigenvalue weighted by atomic mass is 16.5. The van der Waals surface area contributed by atoms with Crippen molar-refractivity contribution >= 4 is 0 Å². The molecule has 0 amide bonds. The number of rotatable bonds is 4. The zero-order chi connectivity index (χ0) is 13.7. The highest BCUT2D eigenvalue weighted by Gasteiger charge is 2.40. The van der Waals surface area contributed by atoms with Crippen molar-refractivity contribution in [1.29, 1.82) is 5.26 Å². The van der Waals surface area contributed by atoms with Crippen molar-refractivity contribution < 1.29 is 4.74 Å². The number of nitriles is 1. The van der Waals surface area contributed by atoms with Crippen LogP contribution in [0.2, 0.25) is 0 Å². The van der Waals surface area contributed by atoms with Gasteiger partial charge in [0.15, 0.2) is 0 Å². The summed E-state index contributed by atoms with van der Waals surface area (Å²) in [6.07, 6.45) is 9.46. The summed E-state index contributed by atoms with van der Waals surface area (Å²) in [5.41, 5.74) is 0.168. The Labute approximate surface area is 117 Å². The molecule has 0 bridgehead atoms. The zero-order valence-electron chi connectivity index (χ0n) is 12.5. The topological polar surface area (TPSA) is 36.3 Å². The van der Waals surface area contributed by atoms with E-state index >= 15 is 0 Å². The van der Waals surface area contributed by atoms with Gasteiger partial charge in [0, 0.05) is 31.7 Å². The summed E-state index contributed by atoms with van der Waals surface area (Å²) in [5, 5.41) is 8.84. The van der Waals surface area contributed by atoms with Gasteiger partial charge < -0.3 is 4.74 Å². The molecule has 0 radical (unpaired) electrons. The SMILES string of the molecule is CC(C)N(CCC#N)C1CCOC2(CCCCC2)C1. The van der Waals surface area contributed by atoms with E-state index < -0.39 is 0 Å². The van der Waals surface area contributed by atoms with Gasteiger partial charge in [0.1, 0.15) is 0 Å². The highest BCUT2D eigenvalue weighted by molar-refractivity contribution is 4.94. The Kier molecular flexibility index (Phi) is 5.24. The van der Waals surface area contributed by atoms with Gasteiger partial charge in [-0.25, -0.2) is 0 Å². The van der Waals surface area contributed by atoms with E-state index in [1.165, 1.54) is 38.5 Å². The molecule has 0 N–H and O–H groups in total. The number of hydrogen-bond donors (Lipinski definition) is 0. The molecular weight excluding hydrogens is 236 g/mol. The summed E-state index contributed by atoms with van der Waals surface area (Å²) in [6.45, 7) is 6.32. The first-order chi connectivity index (χ1) is 9.17. The van der Waals surface area contributed by atoms with Crippen molar-refractivity contribution in [1.82, 2.24) is 4.90 Å². The maximum atomic E-state index is 8.84. The standard InChI is InChI=1S/C16H28N2O/c1-14(2)18(11-6-10-17)15-7-12-19-16(13-15)8-4-3-5-9-16/h14-15H,3-9,11-13H2,1-2H3. The van der Waals surface area contributed by atoms with Crippen LogP contribution in [-0.4, -0.2) is 35.7 Å². The van der Waals surface area contributed by atoms with Crippen LogP contribution in [0.15, 0.2) is 0 Å². The van der Waals surface area contributed by atoms with Crippen LogP contribution in [0.3, 0.4) is 0 Å². The average Bonchev–Trinajstić information content (AvgIpc) is 2.40. The van der Waals surface area contributed by atoms with E-state index in [2.05, 4.69) is 24.8 Å². The van der Waals surface area contributed by atoms with Gasteiger partial charge >= 0.3 is 0 Å². The van der Waals surface area contributed by atoms with Crippen molar-refractivity contribution in [3.63, 3.8) is 0 Å². The van der Waals surface area contributed by atoms with E-state index in [-0.39, 0.29) is 5.60 Å². The smallest absolute Gasteiger partial charge is 0.0697 e. The monoisotopic (exact) mass is 264 g/mol. The molecule has 1 aliphatic heterocycles. The lowest BCUT2D eigenvalue weighted by molar-refractivity contribution is -0.127. The molecule has 2 fully saturated rings. The minimum absolute atomic E-state index is 0.168. The van der Waals surface area contributed by atoms with Gasteiger partial charge in [0.25, 0.3) is 0 Å². The molecule has 1 saturated carbocycles. The predicted octanol–water partition coefficient (Wildman–Crippen LogP) is 3.49. The third-order valence-electron chi connectivity index (χ3n) is 4.85. The second kappa shape index (κ2) is 6.72. The molecule has 3 heteroatoms. The summed E-state index contributed by atoms with van der Waals surface area (Å²) < 4.78 is 6.18. The summed E-state index contributed by atoms with van der Waals surface area (Å²) in [6, 6.07) is 3.43. The molecule has 1 unspecified atom stereocenters. The molecule has 2 aliphatic rings. The average molecular weight is 264 g/mol. The van der Waals surface area contributed by atoms with Crippen LogP contribution < -0.4 is 0 Å². The van der Waals surface area contributed by atoms with E-state index in [0.29, 0.717) is 18.5 Å². The summed E-state index contributed by atoms with van der Waals surface area (Å²) in [7, 11) is 0. The van der Waals surface area contributed by atoms with Crippen LogP contribution in [0, 0.1) is 11.3 Å². The summed E-state index contributed by atoms with van der Waals surface area (Å²) >= 11 is 0. The molecular formula is C16H28N2O. The van der Waals surface area contributed by atoms with Gasteiger partial charge in [-0.2, -0.15) is 5.26 Å². The summed E-state index contributed by atoms with van der Waals surface area (Å²) in [4.78, 5) is 2.53. The Morgan fingerprint density at radius 1 is 1.32 bits per heavy atom. The van der Waals surface area contributed by atoms with Gasteiger partial charge in [0.2, 0.25) is 0 Å². The molecule has 0 aromatic carbocycles. The number of hydrogen-bond acceptors (Lipinski definition) is 3. The van der Waals surface area contributed by atoms with E-state index in [9.17, 15) is 0 Å². The van der Waals surface area contributed by atoms with Gasteiger partial charge in [-0.3, -0.25) is 4.90 Å². The molecule has 0 aromatic heterocycles. The normalized spacial score (nSPS) is 26.8. The van der Waals surface area contributed by atoms with Crippen LogP contribution in [0.4, 0.5) is 0 Å². The van der Waals surface area contributed by atoms with Crippen molar-refractivity contribution in [2.75, 3.05) is 13.2 Å². The fourth-order valence-electron chi connectivity index (χ4n) is 3.87. The lowest BCUT2D eigenvalue weighted by Crippen LogP contribution is -2.51. The fourth-order valence-corrected chi connectivity index (χ4v) is 3.87. The van der Waals surface area contributed by atoms with Crippen LogP contribution in [0.5, 0.6) is 0 Å². The molecule has 1 aliphatic carbocycles. The first-order valence-electron chi connectivity index (χ1n) is 7.93. The maximum absolute atomic E-state index is 8.84. The van der Waals surface area contributed by atoms with E-state index in [4.69, 9.17) is 10.00 Å². The third-order valence-corrected chi connectivity index (χ3v) is 4.85. The Morgan fingerprint density at radius 3 is 2.68 bits per heavy atom. The van der Waals surface area contributed by atoms with Crippen molar-refractivity contribution in [2.45, 2.75) is 82.9 Å². The third kappa shape index (κ3) is 3.70. The van der Waals surface area contributed by atoms with Gasteiger partial charge in [-0.05, 0) is 39.5 Å². The maximum Gasteiger partial charge on any atom is 0.0697 e. The quantitative estimate of drug-likeness (QED) is 0.780. The second-order valence-electron chi connectivity index (χ2n) is 6.48. The van der Waals surface area contributed by atoms with Crippen LogP contribution in [0.1, 0.15) is 65.2 Å². The highest BCUT2D eigenvalue weighted by Crippen LogP contribution is 2.40. The van der Waals surface area contributed by atoms with Crippen LogP contribution in [-0.2, 0) is 4.74 Å². The van der Waals surface area contributed by atoms with E-state index in [1.54, 1.807) is 0 Å². The van der Waals surface area contributed by atoms with Crippen LogP contribution >= 0.6 is 0 Å². The minimum Gasteiger partial charge on any atom is -0.375 e. The Morgan fingerprint density at radius 2 is 2.05 bits per heavy atom. The Bertz CT molecular complexity index is 310. The number of nitrogens with zero attached hydrogens (tertiary/aromatic N) is 2. The largest absolute Gasteiger partial charge is 0.375 e. The molecule has 1 saturated heterocycles. The predicted molar refractivity (Wildman–Crippen MR) is 76.9 cm³/mol. The second-order valence-corrected chi connectivity index (χ2v) is 6.48. The minimum atomic E-state index is 0.168. The Balaban J connectivity index is 1.99.